The second-order valence-corrected chi connectivity index (χ2v) is 6.58. The summed E-state index contributed by atoms with van der Waals surface area (Å²) in [6.45, 7) is 6.48. The Bertz CT molecular complexity index is 698. The molecule has 2 aromatic rings. The second-order valence-electron chi connectivity index (χ2n) is 5.58. The van der Waals surface area contributed by atoms with E-state index in [0.717, 1.165) is 42.5 Å². The lowest BCUT2D eigenvalue weighted by Gasteiger charge is -2.13. The molecule has 2 rings (SSSR count). The van der Waals surface area contributed by atoms with Crippen LogP contribution < -0.4 is 20.1 Å². The van der Waals surface area contributed by atoms with E-state index in [9.17, 15) is 0 Å². The van der Waals surface area contributed by atoms with Crippen LogP contribution >= 0.6 is 11.3 Å². The Hall–Kier alpha value is -2.21. The van der Waals surface area contributed by atoms with E-state index in [4.69, 9.17) is 9.47 Å². The summed E-state index contributed by atoms with van der Waals surface area (Å²) < 4.78 is 10.7. The number of hydrogen-bond donors (Lipinski definition) is 2. The Morgan fingerprint density at radius 2 is 2.00 bits per heavy atom. The fourth-order valence-corrected chi connectivity index (χ4v) is 3.28. The molecule has 6 heteroatoms. The summed E-state index contributed by atoms with van der Waals surface area (Å²) in [5, 5.41) is 8.78. The number of rotatable bonds is 8. The number of nitrogens with one attached hydrogen (secondary N) is 2. The largest absolute Gasteiger partial charge is 0.497 e. The Morgan fingerprint density at radius 3 is 2.64 bits per heavy atom. The van der Waals surface area contributed by atoms with E-state index in [0.29, 0.717) is 6.54 Å². The van der Waals surface area contributed by atoms with Gasteiger partial charge in [0.2, 0.25) is 0 Å². The lowest BCUT2D eigenvalue weighted by molar-refractivity contribution is 0.398. The molecule has 0 saturated heterocycles. The molecule has 0 aliphatic carbocycles. The molecular weight excluding hydrogens is 334 g/mol. The lowest BCUT2D eigenvalue weighted by Crippen LogP contribution is -2.38. The summed E-state index contributed by atoms with van der Waals surface area (Å²) in [5.74, 6) is 2.54. The average Bonchev–Trinajstić information content (AvgIpc) is 3.04. The second kappa shape index (κ2) is 9.93. The molecule has 0 fully saturated rings. The molecule has 136 valence electrons. The molecule has 1 aromatic carbocycles. The normalized spacial score (nSPS) is 11.3. The van der Waals surface area contributed by atoms with Crippen LogP contribution in [0, 0.1) is 6.92 Å². The van der Waals surface area contributed by atoms with Crippen molar-refractivity contribution in [3.05, 3.63) is 45.6 Å². The summed E-state index contributed by atoms with van der Waals surface area (Å²) in [7, 11) is 3.36. The monoisotopic (exact) mass is 361 g/mol. The number of thiophene rings is 1. The zero-order valence-electron chi connectivity index (χ0n) is 15.4. The standard InChI is InChI=1S/C19H27N3O2S/c1-5-20-19(22-13-18-14(2)9-11-25-18)21-10-8-15-12-16(23-3)6-7-17(15)24-4/h6-7,9,11-12H,5,8,10,13H2,1-4H3,(H2,20,21,22). The van der Waals surface area contributed by atoms with Crippen molar-refractivity contribution in [3.8, 4) is 11.5 Å². The van der Waals surface area contributed by atoms with Gasteiger partial charge in [-0.1, -0.05) is 0 Å². The lowest BCUT2D eigenvalue weighted by atomic mass is 10.1. The predicted octanol–water partition coefficient (Wildman–Crippen LogP) is 3.37. The summed E-state index contributed by atoms with van der Waals surface area (Å²) in [6, 6.07) is 7.99. The summed E-state index contributed by atoms with van der Waals surface area (Å²) in [4.78, 5) is 5.97. The molecule has 5 nitrogen and oxygen atoms in total. The Balaban J connectivity index is 1.96. The smallest absolute Gasteiger partial charge is 0.191 e. The van der Waals surface area contributed by atoms with Gasteiger partial charge in [-0.15, -0.1) is 11.3 Å². The minimum atomic E-state index is 0.696. The van der Waals surface area contributed by atoms with Crippen molar-refractivity contribution in [1.29, 1.82) is 0 Å². The maximum Gasteiger partial charge on any atom is 0.191 e. The van der Waals surface area contributed by atoms with E-state index in [1.165, 1.54) is 10.4 Å². The maximum atomic E-state index is 5.43. The van der Waals surface area contributed by atoms with Gasteiger partial charge in [0.25, 0.3) is 0 Å². The van der Waals surface area contributed by atoms with E-state index < -0.39 is 0 Å². The number of aryl methyl sites for hydroxylation is 1. The molecule has 0 amide bonds. The van der Waals surface area contributed by atoms with Gasteiger partial charge in [-0.2, -0.15) is 0 Å². The van der Waals surface area contributed by atoms with Crippen LogP contribution in [0.4, 0.5) is 0 Å². The highest BCUT2D eigenvalue weighted by Crippen LogP contribution is 2.24. The molecule has 0 saturated carbocycles. The fourth-order valence-electron chi connectivity index (χ4n) is 2.45. The topological polar surface area (TPSA) is 54.9 Å². The summed E-state index contributed by atoms with van der Waals surface area (Å²) in [6.07, 6.45) is 0.822. The summed E-state index contributed by atoms with van der Waals surface area (Å²) >= 11 is 1.75. The van der Waals surface area contributed by atoms with E-state index in [2.05, 4.69) is 40.9 Å². The molecule has 0 radical (unpaired) electrons. The van der Waals surface area contributed by atoms with Gasteiger partial charge in [-0.25, -0.2) is 4.99 Å². The highest BCUT2D eigenvalue weighted by molar-refractivity contribution is 7.10. The maximum absolute atomic E-state index is 5.43. The molecule has 1 heterocycles. The number of aliphatic imine (C=N–C) groups is 1. The van der Waals surface area contributed by atoms with Gasteiger partial charge in [-0.05, 0) is 61.0 Å². The highest BCUT2D eigenvalue weighted by Gasteiger charge is 2.06. The molecule has 0 bridgehead atoms. The van der Waals surface area contributed by atoms with Gasteiger partial charge in [-0.3, -0.25) is 0 Å². The van der Waals surface area contributed by atoms with Gasteiger partial charge < -0.3 is 20.1 Å². The first-order valence-corrected chi connectivity index (χ1v) is 9.32. The molecular formula is C19H27N3O2S. The van der Waals surface area contributed by atoms with Crippen LogP contribution in [0.2, 0.25) is 0 Å². The molecule has 0 aliphatic heterocycles. The van der Waals surface area contributed by atoms with Crippen LogP contribution in [0.5, 0.6) is 11.5 Å². The third kappa shape index (κ3) is 5.67. The van der Waals surface area contributed by atoms with E-state index in [1.54, 1.807) is 25.6 Å². The van der Waals surface area contributed by atoms with Crippen molar-refractivity contribution < 1.29 is 9.47 Å². The molecule has 0 unspecified atom stereocenters. The fraction of sp³-hybridized carbons (Fsp3) is 0.421. The molecule has 0 atom stereocenters. The first kappa shape index (κ1) is 19.1. The van der Waals surface area contributed by atoms with Crippen LogP contribution in [-0.4, -0.2) is 33.3 Å². The molecule has 2 N–H and O–H groups in total. The Kier molecular flexibility index (Phi) is 7.60. The van der Waals surface area contributed by atoms with Crippen LogP contribution in [0.3, 0.4) is 0 Å². The number of nitrogens with zero attached hydrogens (tertiary/aromatic N) is 1. The van der Waals surface area contributed by atoms with Crippen LogP contribution in [0.25, 0.3) is 0 Å². The zero-order valence-corrected chi connectivity index (χ0v) is 16.2. The van der Waals surface area contributed by atoms with Gasteiger partial charge in [0.15, 0.2) is 5.96 Å². The van der Waals surface area contributed by atoms with Gasteiger partial charge in [0, 0.05) is 18.0 Å². The molecule has 0 spiro atoms. The highest BCUT2D eigenvalue weighted by atomic mass is 32.1. The third-order valence-corrected chi connectivity index (χ3v) is 4.88. The number of hydrogen-bond acceptors (Lipinski definition) is 4. The van der Waals surface area contributed by atoms with Gasteiger partial charge in [0.05, 0.1) is 20.8 Å². The van der Waals surface area contributed by atoms with Crippen molar-refractivity contribution >= 4 is 17.3 Å². The van der Waals surface area contributed by atoms with E-state index >= 15 is 0 Å². The quantitative estimate of drug-likeness (QED) is 0.559. The Labute approximate surface area is 154 Å². The van der Waals surface area contributed by atoms with Crippen molar-refractivity contribution in [2.45, 2.75) is 26.8 Å². The van der Waals surface area contributed by atoms with Gasteiger partial charge >= 0.3 is 0 Å². The predicted molar refractivity (Wildman–Crippen MR) is 105 cm³/mol. The first-order chi connectivity index (χ1) is 12.2. The molecule has 0 aliphatic rings. The van der Waals surface area contributed by atoms with Crippen molar-refractivity contribution in [1.82, 2.24) is 10.6 Å². The first-order valence-electron chi connectivity index (χ1n) is 8.44. The Morgan fingerprint density at radius 1 is 1.16 bits per heavy atom. The minimum absolute atomic E-state index is 0.696. The number of ether oxygens (including phenoxy) is 2. The third-order valence-electron chi connectivity index (χ3n) is 3.87. The average molecular weight is 362 g/mol. The van der Waals surface area contributed by atoms with Crippen molar-refractivity contribution in [2.75, 3.05) is 27.3 Å². The zero-order chi connectivity index (χ0) is 18.1. The van der Waals surface area contributed by atoms with Gasteiger partial charge in [0.1, 0.15) is 11.5 Å². The summed E-state index contributed by atoms with van der Waals surface area (Å²) in [5.41, 5.74) is 2.41. The van der Waals surface area contributed by atoms with E-state index in [1.807, 2.05) is 18.2 Å². The van der Waals surface area contributed by atoms with Crippen molar-refractivity contribution in [3.63, 3.8) is 0 Å². The van der Waals surface area contributed by atoms with Crippen LogP contribution in [0.15, 0.2) is 34.6 Å². The number of methoxy groups -OCH3 is 2. The molecule has 1 aromatic heterocycles. The van der Waals surface area contributed by atoms with Crippen molar-refractivity contribution in [2.24, 2.45) is 4.99 Å². The number of benzene rings is 1. The van der Waals surface area contributed by atoms with Crippen LogP contribution in [0.1, 0.15) is 22.9 Å². The minimum Gasteiger partial charge on any atom is -0.497 e. The van der Waals surface area contributed by atoms with E-state index in [-0.39, 0.29) is 0 Å². The number of guanidine groups is 1. The molecule has 25 heavy (non-hydrogen) atoms. The van der Waals surface area contributed by atoms with Crippen LogP contribution in [-0.2, 0) is 13.0 Å². The SMILES string of the molecule is CCNC(=NCc1sccc1C)NCCc1cc(OC)ccc1OC.